The first-order valence-electron chi connectivity index (χ1n) is 17.2. The number of halogens is 3. The SMILES string of the molecule is COc1ccc(NC(=O)Nc2ccc3c(c2)C(=O)N([C@@H](C)CO)C[C@@H](C)[C@H](CN(C)Cc2ccc(C(F)(F)F)cc2)OCCCC[C@H](C)O3)cc1. The van der Waals surface area contributed by atoms with Gasteiger partial charge < -0.3 is 34.9 Å². The molecule has 0 unspecified atom stereocenters. The van der Waals surface area contributed by atoms with Crippen molar-refractivity contribution in [2.45, 2.75) is 71.0 Å². The molecule has 0 spiro atoms. The third-order valence-electron chi connectivity index (χ3n) is 8.88. The van der Waals surface area contributed by atoms with Crippen molar-refractivity contribution in [3.8, 4) is 11.5 Å². The van der Waals surface area contributed by atoms with Gasteiger partial charge in [-0.2, -0.15) is 13.2 Å². The van der Waals surface area contributed by atoms with E-state index in [1.807, 2.05) is 25.8 Å². The monoisotopic (exact) mass is 714 g/mol. The average Bonchev–Trinajstić information content (AvgIpc) is 3.09. The van der Waals surface area contributed by atoms with Crippen LogP contribution in [0.15, 0.2) is 66.7 Å². The highest BCUT2D eigenvalue weighted by Gasteiger charge is 2.32. The largest absolute Gasteiger partial charge is 0.497 e. The molecule has 0 saturated heterocycles. The number of methoxy groups -OCH3 is 1. The van der Waals surface area contributed by atoms with Crippen LogP contribution in [0.2, 0.25) is 0 Å². The van der Waals surface area contributed by atoms with Gasteiger partial charge in [-0.25, -0.2) is 4.79 Å². The van der Waals surface area contributed by atoms with Gasteiger partial charge in [0.15, 0.2) is 0 Å². The number of amides is 3. The Kier molecular flexibility index (Phi) is 14.1. The number of ether oxygens (including phenoxy) is 3. The number of nitrogens with one attached hydrogen (secondary N) is 2. The zero-order valence-electron chi connectivity index (χ0n) is 29.8. The molecular formula is C38H49F3N4O6. The van der Waals surface area contributed by atoms with E-state index >= 15 is 0 Å². The van der Waals surface area contributed by atoms with E-state index in [9.17, 15) is 27.9 Å². The maximum Gasteiger partial charge on any atom is 0.416 e. The first-order chi connectivity index (χ1) is 24.3. The van der Waals surface area contributed by atoms with Gasteiger partial charge in [-0.1, -0.05) is 19.1 Å². The summed E-state index contributed by atoms with van der Waals surface area (Å²) in [6, 6.07) is 15.9. The van der Waals surface area contributed by atoms with Crippen LogP contribution in [0.5, 0.6) is 11.5 Å². The Bertz CT molecular complexity index is 1570. The number of carbonyl (C=O) groups excluding carboxylic acids is 2. The van der Waals surface area contributed by atoms with Crippen LogP contribution in [0.4, 0.5) is 29.3 Å². The number of carbonyl (C=O) groups is 2. The van der Waals surface area contributed by atoms with Crippen molar-refractivity contribution in [1.29, 1.82) is 0 Å². The van der Waals surface area contributed by atoms with E-state index in [4.69, 9.17) is 14.2 Å². The maximum absolute atomic E-state index is 14.4. The summed E-state index contributed by atoms with van der Waals surface area (Å²) in [4.78, 5) is 30.9. The zero-order valence-corrected chi connectivity index (χ0v) is 29.8. The van der Waals surface area contributed by atoms with Gasteiger partial charge in [0.05, 0.1) is 43.1 Å². The van der Waals surface area contributed by atoms with Crippen molar-refractivity contribution in [2.24, 2.45) is 5.92 Å². The molecule has 3 amide bonds. The molecule has 0 saturated carbocycles. The molecule has 4 atom stereocenters. The van der Waals surface area contributed by atoms with Crippen LogP contribution >= 0.6 is 0 Å². The Morgan fingerprint density at radius 1 is 1.04 bits per heavy atom. The molecule has 13 heteroatoms. The van der Waals surface area contributed by atoms with Gasteiger partial charge in [-0.15, -0.1) is 0 Å². The lowest BCUT2D eigenvalue weighted by atomic mass is 10.0. The van der Waals surface area contributed by atoms with Crippen LogP contribution in [-0.2, 0) is 17.5 Å². The van der Waals surface area contributed by atoms with Crippen molar-refractivity contribution in [2.75, 3.05) is 51.1 Å². The Morgan fingerprint density at radius 2 is 1.71 bits per heavy atom. The van der Waals surface area contributed by atoms with Gasteiger partial charge in [0, 0.05) is 43.5 Å². The fraction of sp³-hybridized carbons (Fsp3) is 0.474. The number of aliphatic hydroxyl groups excluding tert-OH is 1. The smallest absolute Gasteiger partial charge is 0.416 e. The molecule has 1 aliphatic heterocycles. The van der Waals surface area contributed by atoms with Gasteiger partial charge in [-0.05, 0) is 100 Å². The normalized spacial score (nSPS) is 19.8. The maximum atomic E-state index is 14.4. The molecule has 1 aliphatic rings. The number of alkyl halides is 3. The number of nitrogens with zero attached hydrogens (tertiary/aromatic N) is 2. The number of rotatable bonds is 9. The number of fused-ring (bicyclic) bond motifs is 1. The van der Waals surface area contributed by atoms with Crippen LogP contribution in [-0.4, -0.2) is 85.6 Å². The predicted molar refractivity (Wildman–Crippen MR) is 190 cm³/mol. The predicted octanol–water partition coefficient (Wildman–Crippen LogP) is 7.29. The topological polar surface area (TPSA) is 113 Å². The molecular weight excluding hydrogens is 665 g/mol. The molecule has 278 valence electrons. The molecule has 0 radical (unpaired) electrons. The van der Waals surface area contributed by atoms with E-state index in [2.05, 4.69) is 10.6 Å². The molecule has 0 aromatic heterocycles. The van der Waals surface area contributed by atoms with Crippen molar-refractivity contribution < 1.29 is 42.1 Å². The summed E-state index contributed by atoms with van der Waals surface area (Å²) >= 11 is 0. The number of aliphatic hydroxyl groups is 1. The van der Waals surface area contributed by atoms with E-state index in [0.29, 0.717) is 49.0 Å². The number of hydrogen-bond acceptors (Lipinski definition) is 7. The van der Waals surface area contributed by atoms with Gasteiger partial charge in [-0.3, -0.25) is 9.69 Å². The Morgan fingerprint density at radius 3 is 2.35 bits per heavy atom. The van der Waals surface area contributed by atoms with E-state index in [1.165, 1.54) is 12.1 Å². The Hall–Kier alpha value is -4.33. The summed E-state index contributed by atoms with van der Waals surface area (Å²) in [6.07, 6.45) is -2.61. The van der Waals surface area contributed by atoms with Crippen LogP contribution in [0.25, 0.3) is 0 Å². The standard InChI is InChI=1S/C38H49F3N4O6/c1-25-21-45(26(2)24-46)36(47)33-20-31(43-37(48)42-30-13-16-32(49-5)17-14-30)15-18-34(33)51-27(3)8-6-7-19-50-35(25)23-44(4)22-28-9-11-29(12-10-28)38(39,40)41/h9-18,20,25-27,35,46H,6-8,19,21-24H2,1-5H3,(H2,42,43,48)/t25-,26+,27+,35+/m1/s1. The van der Waals surface area contributed by atoms with Crippen LogP contribution in [0.3, 0.4) is 0 Å². The summed E-state index contributed by atoms with van der Waals surface area (Å²) in [7, 11) is 3.44. The lowest BCUT2D eigenvalue weighted by Crippen LogP contribution is -2.47. The number of hydrogen-bond donors (Lipinski definition) is 3. The van der Waals surface area contributed by atoms with Crippen molar-refractivity contribution in [3.63, 3.8) is 0 Å². The Labute approximate surface area is 297 Å². The van der Waals surface area contributed by atoms with Crippen LogP contribution in [0.1, 0.15) is 61.5 Å². The lowest BCUT2D eigenvalue weighted by molar-refractivity contribution is -0.137. The second kappa shape index (κ2) is 18.2. The summed E-state index contributed by atoms with van der Waals surface area (Å²) in [5.74, 6) is 0.455. The molecule has 0 bridgehead atoms. The third kappa shape index (κ3) is 11.6. The molecule has 10 nitrogen and oxygen atoms in total. The quantitative estimate of drug-likeness (QED) is 0.214. The highest BCUT2D eigenvalue weighted by molar-refractivity contribution is 6.02. The zero-order chi connectivity index (χ0) is 37.1. The van der Waals surface area contributed by atoms with E-state index in [1.54, 1.807) is 61.4 Å². The number of likely N-dealkylation sites (N-methyl/N-ethyl adjacent to an activating group) is 1. The van der Waals surface area contributed by atoms with Crippen molar-refractivity contribution in [3.05, 3.63) is 83.4 Å². The highest BCUT2D eigenvalue weighted by atomic mass is 19.4. The minimum atomic E-state index is -4.40. The fourth-order valence-electron chi connectivity index (χ4n) is 5.91. The molecule has 1 heterocycles. The van der Waals surface area contributed by atoms with E-state index < -0.39 is 23.8 Å². The highest BCUT2D eigenvalue weighted by Crippen LogP contribution is 2.30. The first-order valence-corrected chi connectivity index (χ1v) is 17.2. The molecule has 3 aromatic carbocycles. The molecule has 0 fully saturated rings. The summed E-state index contributed by atoms with van der Waals surface area (Å²) in [5.41, 5.74) is 1.21. The minimum absolute atomic E-state index is 0.194. The van der Waals surface area contributed by atoms with Gasteiger partial charge in [0.25, 0.3) is 5.91 Å². The van der Waals surface area contributed by atoms with Gasteiger partial charge in [0.2, 0.25) is 0 Å². The molecule has 3 N–H and O–H groups in total. The van der Waals surface area contributed by atoms with Crippen molar-refractivity contribution >= 4 is 23.3 Å². The summed E-state index contributed by atoms with van der Waals surface area (Å²) in [6.45, 7) is 6.99. The van der Waals surface area contributed by atoms with Crippen LogP contribution in [0, 0.1) is 5.92 Å². The Balaban J connectivity index is 1.55. The van der Waals surface area contributed by atoms with Crippen molar-refractivity contribution in [1.82, 2.24) is 9.80 Å². The fourth-order valence-corrected chi connectivity index (χ4v) is 5.91. The molecule has 4 rings (SSSR count). The van der Waals surface area contributed by atoms with E-state index in [0.717, 1.165) is 30.5 Å². The van der Waals surface area contributed by atoms with E-state index in [-0.39, 0.29) is 42.7 Å². The second-order valence-electron chi connectivity index (χ2n) is 13.2. The summed E-state index contributed by atoms with van der Waals surface area (Å²) < 4.78 is 57.1. The lowest BCUT2D eigenvalue weighted by Gasteiger charge is -2.36. The van der Waals surface area contributed by atoms with Gasteiger partial charge >= 0.3 is 12.2 Å². The third-order valence-corrected chi connectivity index (χ3v) is 8.88. The second-order valence-corrected chi connectivity index (χ2v) is 13.2. The van der Waals surface area contributed by atoms with Gasteiger partial charge in [0.1, 0.15) is 11.5 Å². The van der Waals surface area contributed by atoms with Crippen LogP contribution < -0.4 is 20.1 Å². The first kappa shape index (κ1) is 39.5. The number of anilines is 2. The molecule has 51 heavy (non-hydrogen) atoms. The summed E-state index contributed by atoms with van der Waals surface area (Å²) in [5, 5.41) is 15.8. The molecule has 0 aliphatic carbocycles. The number of urea groups is 1. The average molecular weight is 715 g/mol. The number of benzene rings is 3. The minimum Gasteiger partial charge on any atom is -0.497 e. The molecule has 3 aromatic rings.